The van der Waals surface area contributed by atoms with E-state index in [1.54, 1.807) is 32.9 Å². The van der Waals surface area contributed by atoms with Crippen LogP contribution in [0, 0.1) is 23.0 Å². The SMILES string of the molecule is CC(C)CN(CCCNC(=O)OC(C)(C)C)S(=O)(=O)c1ccc(OCP(=O)(OCc2ccccc2)OCc2ccccc2)cc1.Cc1ccc([N+](=O)[O-])cc1. The highest BCUT2D eigenvalue weighted by Gasteiger charge is 2.28. The maximum Gasteiger partial charge on any atom is 0.407 e. The number of nitrogens with one attached hydrogen (secondary N) is 1. The molecule has 13 nitrogen and oxygen atoms in total. The van der Waals surface area contributed by atoms with Crippen LogP contribution in [0.5, 0.6) is 5.75 Å². The van der Waals surface area contributed by atoms with Crippen LogP contribution in [0.4, 0.5) is 10.5 Å². The topological polar surface area (TPSA) is 164 Å². The molecule has 0 bridgehead atoms. The molecule has 0 unspecified atom stereocenters. The zero-order chi connectivity index (χ0) is 40.5. The second-order valence-electron chi connectivity index (χ2n) is 14.0. The third-order valence-corrected chi connectivity index (χ3v) is 10.8. The second kappa shape index (κ2) is 21.5. The Balaban J connectivity index is 0.000000701. The minimum atomic E-state index is -3.83. The molecule has 0 spiro atoms. The number of benzene rings is 4. The summed E-state index contributed by atoms with van der Waals surface area (Å²) in [4.78, 5) is 21.8. The number of alkyl carbamates (subject to hydrolysis) is 1. The van der Waals surface area contributed by atoms with Crippen molar-refractivity contribution in [2.45, 2.75) is 71.7 Å². The number of sulfonamides is 1. The van der Waals surface area contributed by atoms with Crippen molar-refractivity contribution in [3.63, 3.8) is 0 Å². The number of carbonyl (C=O) groups excluding carboxylic acids is 1. The lowest BCUT2D eigenvalue weighted by Crippen LogP contribution is -2.37. The molecule has 0 aliphatic carbocycles. The number of aryl methyl sites for hydroxylation is 1. The maximum absolute atomic E-state index is 13.7. The number of nitro benzene ring substituents is 1. The quantitative estimate of drug-likeness (QED) is 0.0445. The van der Waals surface area contributed by atoms with Crippen molar-refractivity contribution in [2.24, 2.45) is 5.92 Å². The first-order chi connectivity index (χ1) is 26.0. The molecule has 0 fully saturated rings. The fourth-order valence-electron chi connectivity index (χ4n) is 4.76. The van der Waals surface area contributed by atoms with E-state index in [2.05, 4.69) is 5.32 Å². The van der Waals surface area contributed by atoms with Crippen LogP contribution >= 0.6 is 7.60 Å². The summed E-state index contributed by atoms with van der Waals surface area (Å²) in [6.45, 7) is 12.1. The van der Waals surface area contributed by atoms with Gasteiger partial charge in [0, 0.05) is 31.8 Å². The van der Waals surface area contributed by atoms with E-state index in [1.807, 2.05) is 81.4 Å². The molecule has 0 radical (unpaired) electrons. The number of nitro groups is 1. The van der Waals surface area contributed by atoms with Crippen LogP contribution in [0.15, 0.2) is 114 Å². The van der Waals surface area contributed by atoms with Crippen molar-refractivity contribution in [3.8, 4) is 5.75 Å². The lowest BCUT2D eigenvalue weighted by Gasteiger charge is -2.24. The average Bonchev–Trinajstić information content (AvgIpc) is 3.14. The molecule has 0 saturated heterocycles. The number of carbonyl (C=O) groups is 1. The van der Waals surface area contributed by atoms with Crippen molar-refractivity contribution in [3.05, 3.63) is 136 Å². The summed E-state index contributed by atoms with van der Waals surface area (Å²) in [6, 6.07) is 31.1. The van der Waals surface area contributed by atoms with Gasteiger partial charge in [-0.05, 0) is 75.4 Å². The molecule has 0 aromatic heterocycles. The standard InChI is InChI=1S/C33H45N2O8PS.C7H7NO2/c1-27(2)23-35(22-12-21-34-32(36)43-33(3,4)5)45(38,39)31-19-17-30(18-20-31)40-26-44(37,41-24-28-13-8-6-9-14-28)42-25-29-15-10-7-11-16-29;1-6-2-4-7(5-3-6)8(9)10/h6-11,13-20,27H,12,21-26H2,1-5H3,(H,34,36);2-5H,1H3. The lowest BCUT2D eigenvalue weighted by molar-refractivity contribution is -0.384. The van der Waals surface area contributed by atoms with Crippen LogP contribution in [0.2, 0.25) is 0 Å². The van der Waals surface area contributed by atoms with Crippen molar-refractivity contribution in [2.75, 3.05) is 26.0 Å². The average molecular weight is 798 g/mol. The molecule has 4 rings (SSSR count). The molecule has 0 heterocycles. The predicted octanol–water partition coefficient (Wildman–Crippen LogP) is 9.11. The lowest BCUT2D eigenvalue weighted by atomic mass is 10.2. The summed E-state index contributed by atoms with van der Waals surface area (Å²) in [6.07, 6.45) is -0.492. The Morgan fingerprint density at radius 3 is 1.85 bits per heavy atom. The monoisotopic (exact) mass is 797 g/mol. The first-order valence-corrected chi connectivity index (χ1v) is 21.0. The number of rotatable bonds is 18. The van der Waals surface area contributed by atoms with Crippen LogP contribution in [-0.2, 0) is 41.6 Å². The first-order valence-electron chi connectivity index (χ1n) is 17.8. The number of hydrogen-bond donors (Lipinski definition) is 1. The molecule has 1 amide bonds. The Bertz CT molecular complexity index is 1870. The van der Waals surface area contributed by atoms with Crippen molar-refractivity contribution in [1.82, 2.24) is 9.62 Å². The zero-order valence-corrected chi connectivity index (χ0v) is 34.0. The molecule has 4 aromatic carbocycles. The number of hydrogen-bond acceptors (Lipinski definition) is 10. The predicted molar refractivity (Wildman–Crippen MR) is 212 cm³/mol. The van der Waals surface area contributed by atoms with E-state index in [-0.39, 0.29) is 49.2 Å². The fourth-order valence-corrected chi connectivity index (χ4v) is 7.62. The summed E-state index contributed by atoms with van der Waals surface area (Å²) in [7, 11) is -7.55. The summed E-state index contributed by atoms with van der Waals surface area (Å²) in [5.74, 6) is 0.403. The van der Waals surface area contributed by atoms with Gasteiger partial charge in [-0.3, -0.25) is 14.7 Å². The normalized spacial score (nSPS) is 11.8. The largest absolute Gasteiger partial charge is 0.481 e. The highest BCUT2D eigenvalue weighted by Crippen LogP contribution is 2.49. The molecule has 4 aromatic rings. The van der Waals surface area contributed by atoms with E-state index >= 15 is 0 Å². The zero-order valence-electron chi connectivity index (χ0n) is 32.3. The van der Waals surface area contributed by atoms with E-state index in [0.717, 1.165) is 16.7 Å². The van der Waals surface area contributed by atoms with Crippen LogP contribution in [-0.4, -0.2) is 55.3 Å². The molecule has 1 N–H and O–H groups in total. The third-order valence-electron chi connectivity index (χ3n) is 7.46. The Morgan fingerprint density at radius 2 is 1.38 bits per heavy atom. The van der Waals surface area contributed by atoms with E-state index in [1.165, 1.54) is 40.7 Å². The second-order valence-corrected chi connectivity index (χ2v) is 17.9. The van der Waals surface area contributed by atoms with E-state index in [9.17, 15) is 27.9 Å². The van der Waals surface area contributed by atoms with Gasteiger partial charge in [-0.25, -0.2) is 13.2 Å². The van der Waals surface area contributed by atoms with E-state index in [0.29, 0.717) is 18.7 Å². The molecule has 0 atom stereocenters. The Morgan fingerprint density at radius 1 is 0.855 bits per heavy atom. The molecule has 55 heavy (non-hydrogen) atoms. The molecule has 0 aliphatic rings. The summed E-state index contributed by atoms with van der Waals surface area (Å²) in [5, 5.41) is 12.8. The minimum Gasteiger partial charge on any atom is -0.481 e. The van der Waals surface area contributed by atoms with Crippen molar-refractivity contribution < 1.29 is 41.2 Å². The number of nitrogens with zero attached hydrogens (tertiary/aromatic N) is 2. The van der Waals surface area contributed by atoms with Gasteiger partial charge in [-0.1, -0.05) is 92.2 Å². The van der Waals surface area contributed by atoms with Gasteiger partial charge >= 0.3 is 13.7 Å². The molecule has 0 aliphatic heterocycles. The van der Waals surface area contributed by atoms with Crippen molar-refractivity contribution >= 4 is 29.4 Å². The number of amides is 1. The summed E-state index contributed by atoms with van der Waals surface area (Å²) >= 11 is 0. The van der Waals surface area contributed by atoms with Crippen LogP contribution in [0.1, 0.15) is 57.7 Å². The van der Waals surface area contributed by atoms with Gasteiger partial charge in [-0.2, -0.15) is 4.31 Å². The highest BCUT2D eigenvalue weighted by molar-refractivity contribution is 7.89. The molecular formula is C40H52N3O10PS. The summed E-state index contributed by atoms with van der Waals surface area (Å²) in [5.41, 5.74) is 2.23. The van der Waals surface area contributed by atoms with E-state index in [4.69, 9.17) is 18.5 Å². The van der Waals surface area contributed by atoms with Gasteiger partial charge in [0.05, 0.1) is 23.0 Å². The van der Waals surface area contributed by atoms with Gasteiger partial charge in [0.15, 0.2) is 6.35 Å². The molecule has 15 heteroatoms. The third kappa shape index (κ3) is 16.8. The number of non-ortho nitro benzene ring substituents is 1. The Labute approximate surface area is 324 Å². The first kappa shape index (κ1) is 44.8. The van der Waals surface area contributed by atoms with Crippen LogP contribution in [0.25, 0.3) is 0 Å². The van der Waals surface area contributed by atoms with Gasteiger partial charge in [0.1, 0.15) is 11.4 Å². The van der Waals surface area contributed by atoms with E-state index < -0.39 is 34.2 Å². The van der Waals surface area contributed by atoms with Crippen molar-refractivity contribution in [1.29, 1.82) is 0 Å². The maximum atomic E-state index is 13.7. The van der Waals surface area contributed by atoms with Crippen LogP contribution < -0.4 is 10.1 Å². The molecular weight excluding hydrogens is 745 g/mol. The fraction of sp³-hybridized carbons (Fsp3) is 0.375. The molecule has 0 saturated carbocycles. The van der Waals surface area contributed by atoms with Gasteiger partial charge < -0.3 is 23.8 Å². The van der Waals surface area contributed by atoms with Crippen LogP contribution in [0.3, 0.4) is 0 Å². The highest BCUT2D eigenvalue weighted by atomic mass is 32.2. The minimum absolute atomic E-state index is 0.0758. The Hall–Kier alpha value is -4.59. The smallest absolute Gasteiger partial charge is 0.407 e. The molecule has 298 valence electrons. The number of ether oxygens (including phenoxy) is 2. The van der Waals surface area contributed by atoms with Gasteiger partial charge in [0.2, 0.25) is 10.0 Å². The summed E-state index contributed by atoms with van der Waals surface area (Å²) < 4.78 is 64.7. The van der Waals surface area contributed by atoms with Gasteiger partial charge in [0.25, 0.3) is 5.69 Å². The van der Waals surface area contributed by atoms with Gasteiger partial charge in [-0.15, -0.1) is 0 Å². The Kier molecular flexibility index (Phi) is 17.5.